The molecule has 3 rings (SSSR count). The fourth-order valence-electron chi connectivity index (χ4n) is 2.52. The van der Waals surface area contributed by atoms with Crippen LogP contribution in [0.1, 0.15) is 5.82 Å². The van der Waals surface area contributed by atoms with Crippen molar-refractivity contribution >= 4 is 46.7 Å². The highest BCUT2D eigenvalue weighted by atomic mass is 32.2. The van der Waals surface area contributed by atoms with Crippen molar-refractivity contribution < 1.29 is 9.59 Å². The Morgan fingerprint density at radius 3 is 2.45 bits per heavy atom. The molecule has 0 fully saturated rings. The van der Waals surface area contributed by atoms with E-state index in [9.17, 15) is 9.59 Å². The van der Waals surface area contributed by atoms with Crippen LogP contribution in [0.2, 0.25) is 0 Å². The number of carbonyl (C=O) groups is 2. The predicted molar refractivity (Wildman–Crippen MR) is 117 cm³/mol. The summed E-state index contributed by atoms with van der Waals surface area (Å²) in [5.41, 5.74) is 1.50. The Bertz CT molecular complexity index is 992. The van der Waals surface area contributed by atoms with Crippen molar-refractivity contribution in [1.82, 2.24) is 14.8 Å². The average molecular weight is 428 g/mol. The number of para-hydroxylation sites is 1. The Labute approximate surface area is 177 Å². The Hall–Kier alpha value is -2.78. The van der Waals surface area contributed by atoms with Crippen LogP contribution >= 0.6 is 23.5 Å². The highest BCUT2D eigenvalue weighted by Crippen LogP contribution is 2.20. The van der Waals surface area contributed by atoms with Crippen molar-refractivity contribution in [2.45, 2.75) is 16.5 Å². The molecule has 9 heteroatoms. The molecule has 0 aliphatic heterocycles. The topological polar surface area (TPSA) is 88.9 Å². The molecule has 2 N–H and O–H groups in total. The molecule has 0 aliphatic rings. The summed E-state index contributed by atoms with van der Waals surface area (Å²) in [6, 6.07) is 16.9. The fourth-order valence-corrected chi connectivity index (χ4v) is 3.71. The number of nitrogens with one attached hydrogen (secondary N) is 2. The normalized spacial score (nSPS) is 10.6. The monoisotopic (exact) mass is 427 g/mol. The van der Waals surface area contributed by atoms with Gasteiger partial charge in [-0.15, -0.1) is 22.0 Å². The molecule has 0 atom stereocenters. The summed E-state index contributed by atoms with van der Waals surface area (Å²) in [5.74, 6) is 0.439. The van der Waals surface area contributed by atoms with Crippen molar-refractivity contribution in [2.75, 3.05) is 22.6 Å². The van der Waals surface area contributed by atoms with Gasteiger partial charge in [-0.3, -0.25) is 9.59 Å². The lowest BCUT2D eigenvalue weighted by Gasteiger charge is -2.07. The van der Waals surface area contributed by atoms with Crippen LogP contribution in [0.4, 0.5) is 11.4 Å². The second-order valence-corrected chi connectivity index (χ2v) is 7.94. The second-order valence-electron chi connectivity index (χ2n) is 6.12. The van der Waals surface area contributed by atoms with Crippen molar-refractivity contribution in [3.05, 3.63) is 60.4 Å². The summed E-state index contributed by atoms with van der Waals surface area (Å²) in [6.45, 7) is 0. The average Bonchev–Trinajstić information content (AvgIpc) is 3.06. The number of carbonyl (C=O) groups excluding carboxylic acids is 2. The van der Waals surface area contributed by atoms with Crippen molar-refractivity contribution in [3.63, 3.8) is 0 Å². The first-order valence-corrected chi connectivity index (χ1v) is 11.1. The van der Waals surface area contributed by atoms with Gasteiger partial charge in [-0.25, -0.2) is 0 Å². The molecule has 0 saturated heterocycles. The first kappa shape index (κ1) is 20.9. The predicted octanol–water partition coefficient (Wildman–Crippen LogP) is 3.45. The molecule has 0 unspecified atom stereocenters. The minimum absolute atomic E-state index is 0.104. The van der Waals surface area contributed by atoms with Gasteiger partial charge in [-0.1, -0.05) is 36.0 Å². The van der Waals surface area contributed by atoms with Crippen molar-refractivity contribution in [1.29, 1.82) is 0 Å². The molecular formula is C20H21N5O2S2. The van der Waals surface area contributed by atoms with E-state index >= 15 is 0 Å². The largest absolute Gasteiger partial charge is 0.326 e. The lowest BCUT2D eigenvalue weighted by molar-refractivity contribution is -0.116. The minimum atomic E-state index is -0.172. The molecule has 0 radical (unpaired) electrons. The van der Waals surface area contributed by atoms with E-state index in [1.54, 1.807) is 23.4 Å². The van der Waals surface area contributed by atoms with Gasteiger partial charge in [-0.05, 0) is 36.6 Å². The Kier molecular flexibility index (Phi) is 7.31. The number of hydrogen-bond acceptors (Lipinski definition) is 6. The van der Waals surface area contributed by atoms with Gasteiger partial charge in [-0.2, -0.15) is 0 Å². The molecular weight excluding hydrogens is 406 g/mol. The van der Waals surface area contributed by atoms with Gasteiger partial charge in [0, 0.05) is 23.3 Å². The molecule has 3 aromatic rings. The van der Waals surface area contributed by atoms with Crippen LogP contribution in [0.3, 0.4) is 0 Å². The molecule has 29 heavy (non-hydrogen) atoms. The molecule has 1 aromatic heterocycles. The number of aromatic nitrogens is 3. The minimum Gasteiger partial charge on any atom is -0.326 e. The molecule has 2 amide bonds. The van der Waals surface area contributed by atoms with Crippen LogP contribution in [0.25, 0.3) is 0 Å². The van der Waals surface area contributed by atoms with Gasteiger partial charge in [0.1, 0.15) is 5.82 Å². The third kappa shape index (κ3) is 6.10. The number of nitrogens with zero attached hydrogens (tertiary/aromatic N) is 3. The van der Waals surface area contributed by atoms with Crippen LogP contribution < -0.4 is 10.6 Å². The van der Waals surface area contributed by atoms with E-state index in [4.69, 9.17) is 0 Å². The van der Waals surface area contributed by atoms with E-state index in [2.05, 4.69) is 20.8 Å². The third-order valence-electron chi connectivity index (χ3n) is 3.99. The highest BCUT2D eigenvalue weighted by molar-refractivity contribution is 7.99. The molecule has 2 aromatic carbocycles. The van der Waals surface area contributed by atoms with Gasteiger partial charge in [0.25, 0.3) is 0 Å². The molecule has 0 bridgehead atoms. The van der Waals surface area contributed by atoms with Crippen LogP contribution in [0, 0.1) is 0 Å². The SMILES string of the molecule is CSc1cccc(NC(=O)CSc2nnc(CC(=O)Nc3ccccc3)n2C)c1. The van der Waals surface area contributed by atoms with Gasteiger partial charge in [0.2, 0.25) is 11.8 Å². The van der Waals surface area contributed by atoms with E-state index in [0.29, 0.717) is 11.0 Å². The van der Waals surface area contributed by atoms with Crippen LogP contribution in [0.5, 0.6) is 0 Å². The number of amides is 2. The number of thioether (sulfide) groups is 2. The van der Waals surface area contributed by atoms with Crippen LogP contribution in [-0.4, -0.2) is 38.6 Å². The number of hydrogen-bond donors (Lipinski definition) is 2. The van der Waals surface area contributed by atoms with E-state index in [1.807, 2.05) is 60.9 Å². The van der Waals surface area contributed by atoms with Gasteiger partial charge in [0.05, 0.1) is 12.2 Å². The summed E-state index contributed by atoms with van der Waals surface area (Å²) >= 11 is 2.90. The lowest BCUT2D eigenvalue weighted by atomic mass is 10.3. The molecule has 0 saturated carbocycles. The summed E-state index contributed by atoms with van der Waals surface area (Å²) < 4.78 is 1.73. The quantitative estimate of drug-likeness (QED) is 0.535. The summed E-state index contributed by atoms with van der Waals surface area (Å²) in [4.78, 5) is 25.5. The summed E-state index contributed by atoms with van der Waals surface area (Å²) in [5, 5.41) is 14.5. The van der Waals surface area contributed by atoms with Crippen LogP contribution in [-0.2, 0) is 23.1 Å². The highest BCUT2D eigenvalue weighted by Gasteiger charge is 2.14. The zero-order chi connectivity index (χ0) is 20.6. The number of anilines is 2. The first-order chi connectivity index (χ1) is 14.0. The molecule has 1 heterocycles. The van der Waals surface area contributed by atoms with Gasteiger partial charge >= 0.3 is 0 Å². The van der Waals surface area contributed by atoms with Crippen LogP contribution in [0.15, 0.2) is 64.6 Å². The van der Waals surface area contributed by atoms with E-state index in [-0.39, 0.29) is 24.0 Å². The van der Waals surface area contributed by atoms with Gasteiger partial charge < -0.3 is 15.2 Å². The maximum atomic E-state index is 12.2. The maximum absolute atomic E-state index is 12.2. The summed E-state index contributed by atoms with van der Waals surface area (Å²) in [7, 11) is 1.79. The Morgan fingerprint density at radius 2 is 1.69 bits per heavy atom. The lowest BCUT2D eigenvalue weighted by Crippen LogP contribution is -2.17. The zero-order valence-electron chi connectivity index (χ0n) is 16.1. The molecule has 7 nitrogen and oxygen atoms in total. The maximum Gasteiger partial charge on any atom is 0.234 e. The Balaban J connectivity index is 1.52. The molecule has 0 aliphatic carbocycles. The fraction of sp³-hybridized carbons (Fsp3) is 0.200. The third-order valence-corrected chi connectivity index (χ3v) is 5.73. The zero-order valence-corrected chi connectivity index (χ0v) is 17.7. The standard InChI is InChI=1S/C20H21N5O2S2/c1-25-17(12-18(26)21-14-7-4-3-5-8-14)23-24-20(25)29-13-19(27)22-15-9-6-10-16(11-15)28-2/h3-11H,12-13H2,1-2H3,(H,21,26)(H,22,27). The molecule has 0 spiro atoms. The molecule has 150 valence electrons. The number of benzene rings is 2. The van der Waals surface area contributed by atoms with Crippen molar-refractivity contribution in [2.24, 2.45) is 7.05 Å². The second kappa shape index (κ2) is 10.1. The van der Waals surface area contributed by atoms with E-state index in [0.717, 1.165) is 16.3 Å². The van der Waals surface area contributed by atoms with Gasteiger partial charge in [0.15, 0.2) is 5.16 Å². The first-order valence-electron chi connectivity index (χ1n) is 8.85. The smallest absolute Gasteiger partial charge is 0.234 e. The Morgan fingerprint density at radius 1 is 0.966 bits per heavy atom. The van der Waals surface area contributed by atoms with Crippen molar-refractivity contribution in [3.8, 4) is 0 Å². The van der Waals surface area contributed by atoms with E-state index < -0.39 is 0 Å². The number of rotatable bonds is 8. The van der Waals surface area contributed by atoms with E-state index in [1.165, 1.54) is 11.8 Å². The summed E-state index contributed by atoms with van der Waals surface area (Å²) in [6.07, 6.45) is 2.09.